The first-order chi connectivity index (χ1) is 9.03. The van der Waals surface area contributed by atoms with E-state index in [2.05, 4.69) is 9.47 Å². The van der Waals surface area contributed by atoms with Crippen LogP contribution in [0.2, 0.25) is 0 Å². The predicted octanol–water partition coefficient (Wildman–Crippen LogP) is 3.42. The first-order valence-electron chi connectivity index (χ1n) is 5.11. The van der Waals surface area contributed by atoms with Gasteiger partial charge in [0.2, 0.25) is 0 Å². The van der Waals surface area contributed by atoms with Crippen molar-refractivity contribution in [3.8, 4) is 11.5 Å². The lowest BCUT2D eigenvalue weighted by atomic mass is 10.0. The zero-order chi connectivity index (χ0) is 15.6. The van der Waals surface area contributed by atoms with Crippen LogP contribution in [0.4, 0.5) is 26.3 Å². The van der Waals surface area contributed by atoms with Gasteiger partial charge in [-0.25, -0.2) is 0 Å². The minimum Gasteiger partial charge on any atom is -0.402 e. The minimum absolute atomic E-state index is 0.00289. The van der Waals surface area contributed by atoms with E-state index in [1.165, 1.54) is 6.92 Å². The first-order valence-corrected chi connectivity index (χ1v) is 5.11. The zero-order valence-electron chi connectivity index (χ0n) is 9.97. The highest BCUT2D eigenvalue weighted by Crippen LogP contribution is 2.40. The van der Waals surface area contributed by atoms with E-state index in [1.54, 1.807) is 0 Å². The number of benzene rings is 1. The average Bonchev–Trinajstić information content (AvgIpc) is 2.26. The summed E-state index contributed by atoms with van der Waals surface area (Å²) in [6.45, 7) is 0.597. The van der Waals surface area contributed by atoms with Crippen molar-refractivity contribution in [1.29, 1.82) is 0 Å². The number of ether oxygens (including phenoxy) is 2. The summed E-state index contributed by atoms with van der Waals surface area (Å²) in [6.07, 6.45) is -10.4. The van der Waals surface area contributed by atoms with Crippen LogP contribution in [0.25, 0.3) is 0 Å². The second-order valence-electron chi connectivity index (χ2n) is 3.67. The standard InChI is InChI=1S/C11H9F6O3/c1-6(5-18)7-3-2-4-8(19-10(12,13)14)9(7)20-11(15,16)17/h2-4,18H,5H2,1H3. The van der Waals surface area contributed by atoms with Crippen molar-refractivity contribution in [1.82, 2.24) is 0 Å². The zero-order valence-corrected chi connectivity index (χ0v) is 9.97. The maximum absolute atomic E-state index is 12.3. The van der Waals surface area contributed by atoms with E-state index >= 15 is 0 Å². The van der Waals surface area contributed by atoms with Gasteiger partial charge < -0.3 is 14.6 Å². The molecule has 9 heteroatoms. The van der Waals surface area contributed by atoms with Crippen molar-refractivity contribution in [3.63, 3.8) is 0 Å². The monoisotopic (exact) mass is 303 g/mol. The highest BCUT2D eigenvalue weighted by Gasteiger charge is 2.38. The molecule has 113 valence electrons. The van der Waals surface area contributed by atoms with Crippen LogP contribution in [-0.2, 0) is 0 Å². The van der Waals surface area contributed by atoms with Gasteiger partial charge >= 0.3 is 12.7 Å². The fourth-order valence-corrected chi connectivity index (χ4v) is 1.36. The molecule has 0 bridgehead atoms. The molecule has 0 unspecified atom stereocenters. The predicted molar refractivity (Wildman–Crippen MR) is 54.9 cm³/mol. The Bertz CT molecular complexity index is 454. The Morgan fingerprint density at radius 2 is 1.60 bits per heavy atom. The molecule has 20 heavy (non-hydrogen) atoms. The number of aliphatic hydroxyl groups excluding tert-OH is 1. The number of hydrogen-bond acceptors (Lipinski definition) is 3. The maximum Gasteiger partial charge on any atom is 0.573 e. The molecule has 1 aromatic carbocycles. The van der Waals surface area contributed by atoms with E-state index in [0.717, 1.165) is 12.1 Å². The third-order valence-electron chi connectivity index (χ3n) is 2.12. The van der Waals surface area contributed by atoms with Crippen molar-refractivity contribution in [2.75, 3.05) is 6.61 Å². The van der Waals surface area contributed by atoms with Gasteiger partial charge in [0.15, 0.2) is 11.5 Å². The van der Waals surface area contributed by atoms with Gasteiger partial charge in [0, 0.05) is 11.5 Å². The van der Waals surface area contributed by atoms with Gasteiger partial charge in [-0.05, 0) is 6.07 Å². The van der Waals surface area contributed by atoms with E-state index in [1.807, 2.05) is 0 Å². The van der Waals surface area contributed by atoms with Gasteiger partial charge in [-0.15, -0.1) is 26.3 Å². The van der Waals surface area contributed by atoms with Crippen LogP contribution in [0.1, 0.15) is 12.5 Å². The van der Waals surface area contributed by atoms with Gasteiger partial charge in [0.05, 0.1) is 6.61 Å². The molecular weight excluding hydrogens is 294 g/mol. The second-order valence-corrected chi connectivity index (χ2v) is 3.67. The molecule has 0 saturated heterocycles. The Kier molecular flexibility index (Phi) is 4.74. The highest BCUT2D eigenvalue weighted by atomic mass is 19.4. The molecule has 0 heterocycles. The molecule has 1 rings (SSSR count). The van der Waals surface area contributed by atoms with Gasteiger partial charge in [-0.2, -0.15) is 0 Å². The van der Waals surface area contributed by atoms with Crippen LogP contribution in [0, 0.1) is 5.92 Å². The highest BCUT2D eigenvalue weighted by molar-refractivity contribution is 5.52. The van der Waals surface area contributed by atoms with E-state index in [4.69, 9.17) is 5.11 Å². The third kappa shape index (κ3) is 4.80. The van der Waals surface area contributed by atoms with Crippen LogP contribution in [0.5, 0.6) is 11.5 Å². The third-order valence-corrected chi connectivity index (χ3v) is 2.12. The molecule has 0 aliphatic carbocycles. The summed E-state index contributed by atoms with van der Waals surface area (Å²) < 4.78 is 80.3. The first kappa shape index (κ1) is 16.4. The van der Waals surface area contributed by atoms with Crippen LogP contribution in [-0.4, -0.2) is 24.4 Å². The maximum atomic E-state index is 12.3. The lowest BCUT2D eigenvalue weighted by Crippen LogP contribution is -2.22. The summed E-state index contributed by atoms with van der Waals surface area (Å²) >= 11 is 0. The molecule has 0 spiro atoms. The summed E-state index contributed by atoms with van der Waals surface area (Å²) in [5.41, 5.74) is -0.327. The molecule has 0 fully saturated rings. The fourth-order valence-electron chi connectivity index (χ4n) is 1.36. The van der Waals surface area contributed by atoms with Crippen LogP contribution >= 0.6 is 0 Å². The van der Waals surface area contributed by atoms with Crippen LogP contribution in [0.3, 0.4) is 0 Å². The quantitative estimate of drug-likeness (QED) is 0.866. The Balaban J connectivity index is 3.29. The molecule has 0 aliphatic heterocycles. The lowest BCUT2D eigenvalue weighted by molar-refractivity contribution is -0.287. The SMILES string of the molecule is C[C](CO)c1cccc(OC(F)(F)F)c1OC(F)(F)F. The molecule has 0 aromatic heterocycles. The fraction of sp³-hybridized carbons (Fsp3) is 0.364. The summed E-state index contributed by atoms with van der Waals surface area (Å²) in [6, 6.07) is 2.82. The summed E-state index contributed by atoms with van der Waals surface area (Å²) in [7, 11) is 0. The topological polar surface area (TPSA) is 38.7 Å². The molecular formula is C11H9F6O3. The summed E-state index contributed by atoms with van der Waals surface area (Å²) in [5.74, 6) is -2.29. The molecule has 0 saturated carbocycles. The molecule has 1 aromatic rings. The molecule has 0 amide bonds. The average molecular weight is 303 g/mol. The number of para-hydroxylation sites is 1. The Labute approximate surface area is 109 Å². The van der Waals surface area contributed by atoms with Crippen molar-refractivity contribution < 1.29 is 40.9 Å². The Morgan fingerprint density at radius 1 is 1.05 bits per heavy atom. The number of aliphatic hydroxyl groups is 1. The Hall–Kier alpha value is -1.64. The number of hydrogen-bond donors (Lipinski definition) is 1. The lowest BCUT2D eigenvalue weighted by Gasteiger charge is -2.20. The van der Waals surface area contributed by atoms with Gasteiger partial charge in [-0.3, -0.25) is 0 Å². The minimum atomic E-state index is -5.20. The number of alkyl halides is 6. The van der Waals surface area contributed by atoms with Crippen LogP contribution in [0.15, 0.2) is 18.2 Å². The molecule has 1 radical (unpaired) electrons. The van der Waals surface area contributed by atoms with Gasteiger partial charge in [0.1, 0.15) is 0 Å². The molecule has 0 aliphatic rings. The van der Waals surface area contributed by atoms with E-state index in [9.17, 15) is 26.3 Å². The Morgan fingerprint density at radius 3 is 2.05 bits per heavy atom. The summed E-state index contributed by atoms with van der Waals surface area (Å²) in [4.78, 5) is 0. The van der Waals surface area contributed by atoms with Gasteiger partial charge in [-0.1, -0.05) is 19.1 Å². The van der Waals surface area contributed by atoms with Crippen molar-refractivity contribution in [3.05, 3.63) is 29.7 Å². The van der Waals surface area contributed by atoms with E-state index in [-0.39, 0.29) is 11.5 Å². The number of rotatable bonds is 4. The van der Waals surface area contributed by atoms with E-state index in [0.29, 0.717) is 6.07 Å². The summed E-state index contributed by atoms with van der Waals surface area (Å²) in [5, 5.41) is 8.90. The van der Waals surface area contributed by atoms with Crippen molar-refractivity contribution in [2.45, 2.75) is 19.6 Å². The van der Waals surface area contributed by atoms with Crippen molar-refractivity contribution >= 4 is 0 Å². The number of halogens is 6. The van der Waals surface area contributed by atoms with E-state index < -0.39 is 30.8 Å². The normalized spacial score (nSPS) is 12.7. The largest absolute Gasteiger partial charge is 0.573 e. The molecule has 1 N–H and O–H groups in total. The smallest absolute Gasteiger partial charge is 0.402 e. The molecule has 0 atom stereocenters. The van der Waals surface area contributed by atoms with Gasteiger partial charge in [0.25, 0.3) is 0 Å². The second kappa shape index (κ2) is 5.78. The van der Waals surface area contributed by atoms with Crippen LogP contribution < -0.4 is 9.47 Å². The molecule has 3 nitrogen and oxygen atoms in total. The van der Waals surface area contributed by atoms with Crippen molar-refractivity contribution in [2.24, 2.45) is 0 Å².